The van der Waals surface area contributed by atoms with Crippen LogP contribution in [-0.2, 0) is 19.6 Å². The second-order valence-electron chi connectivity index (χ2n) is 5.82. The van der Waals surface area contributed by atoms with Crippen molar-refractivity contribution >= 4 is 17.6 Å². The molecule has 0 atom stereocenters. The van der Waals surface area contributed by atoms with Crippen molar-refractivity contribution in [1.29, 1.82) is 0 Å². The Morgan fingerprint density at radius 2 is 1.77 bits per heavy atom. The molecular weight excluding hydrogens is 348 g/mol. The monoisotopic (exact) mass is 368 g/mol. The molecule has 0 fully saturated rings. The highest BCUT2D eigenvalue weighted by Gasteiger charge is 2.01. The summed E-state index contributed by atoms with van der Waals surface area (Å²) < 4.78 is 1.80. The molecule has 0 bridgehead atoms. The molecule has 26 heavy (non-hydrogen) atoms. The summed E-state index contributed by atoms with van der Waals surface area (Å²) >= 11 is 5.91. The highest BCUT2D eigenvalue weighted by molar-refractivity contribution is 6.30. The first-order valence-corrected chi connectivity index (χ1v) is 8.70. The lowest BCUT2D eigenvalue weighted by Crippen LogP contribution is -2.36. The Kier molecular flexibility index (Phi) is 6.22. The van der Waals surface area contributed by atoms with E-state index >= 15 is 0 Å². The smallest absolute Gasteiger partial charge is 0.191 e. The number of aromatic nitrogens is 3. The van der Waals surface area contributed by atoms with Gasteiger partial charge < -0.3 is 10.6 Å². The second-order valence-corrected chi connectivity index (χ2v) is 6.26. The Hall–Kier alpha value is -2.86. The van der Waals surface area contributed by atoms with Gasteiger partial charge >= 0.3 is 0 Å². The van der Waals surface area contributed by atoms with E-state index in [4.69, 9.17) is 11.6 Å². The van der Waals surface area contributed by atoms with E-state index < -0.39 is 0 Å². The molecule has 6 nitrogen and oxygen atoms in total. The Bertz CT molecular complexity index is 843. The number of halogens is 1. The minimum atomic E-state index is 0.684. The van der Waals surface area contributed by atoms with E-state index in [1.165, 1.54) is 11.1 Å². The molecule has 7 heteroatoms. The molecule has 3 aromatic rings. The maximum Gasteiger partial charge on any atom is 0.191 e. The molecule has 134 valence electrons. The lowest BCUT2D eigenvalue weighted by molar-refractivity contribution is 0.683. The van der Waals surface area contributed by atoms with E-state index in [0.717, 1.165) is 16.5 Å². The fourth-order valence-corrected chi connectivity index (χ4v) is 2.66. The van der Waals surface area contributed by atoms with Gasteiger partial charge in [0.25, 0.3) is 0 Å². The van der Waals surface area contributed by atoms with Crippen LogP contribution in [0, 0.1) is 0 Å². The van der Waals surface area contributed by atoms with Crippen molar-refractivity contribution in [3.05, 3.63) is 82.9 Å². The molecule has 1 heterocycles. The molecule has 0 radical (unpaired) electrons. The van der Waals surface area contributed by atoms with E-state index in [2.05, 4.69) is 43.9 Å². The van der Waals surface area contributed by atoms with Gasteiger partial charge in [-0.05, 0) is 28.8 Å². The van der Waals surface area contributed by atoms with Gasteiger partial charge in [0.05, 0.1) is 6.54 Å². The molecule has 3 rings (SSSR count). The SMILES string of the molecule is CN=C(NCc1ccc(Cl)cc1)NCc1cccc(Cn2cncn2)c1. The lowest BCUT2D eigenvalue weighted by Gasteiger charge is -2.13. The van der Waals surface area contributed by atoms with Crippen molar-refractivity contribution in [2.75, 3.05) is 7.05 Å². The van der Waals surface area contributed by atoms with Gasteiger partial charge in [0.1, 0.15) is 12.7 Å². The minimum absolute atomic E-state index is 0.684. The van der Waals surface area contributed by atoms with Crippen LogP contribution < -0.4 is 10.6 Å². The van der Waals surface area contributed by atoms with Gasteiger partial charge in [0.15, 0.2) is 5.96 Å². The molecule has 0 amide bonds. The standard InChI is InChI=1S/C19H21ClN6/c1-21-19(23-10-15-5-7-18(20)8-6-15)24-11-16-3-2-4-17(9-16)12-26-14-22-13-25-26/h2-9,13-14H,10-12H2,1H3,(H2,21,23,24). The third-order valence-corrected chi connectivity index (χ3v) is 4.11. The summed E-state index contributed by atoms with van der Waals surface area (Å²) in [5.41, 5.74) is 3.50. The van der Waals surface area contributed by atoms with Crippen molar-refractivity contribution in [3.8, 4) is 0 Å². The molecule has 0 saturated heterocycles. The minimum Gasteiger partial charge on any atom is -0.352 e. The second kappa shape index (κ2) is 9.01. The Morgan fingerprint density at radius 3 is 2.46 bits per heavy atom. The van der Waals surface area contributed by atoms with Crippen LogP contribution >= 0.6 is 11.6 Å². The first-order chi connectivity index (χ1) is 12.7. The number of nitrogens with zero attached hydrogens (tertiary/aromatic N) is 4. The Labute approximate surface area is 157 Å². The summed E-state index contributed by atoms with van der Waals surface area (Å²) in [6.45, 7) is 2.08. The fourth-order valence-electron chi connectivity index (χ4n) is 2.53. The largest absolute Gasteiger partial charge is 0.352 e. The molecule has 1 aromatic heterocycles. The first kappa shape index (κ1) is 17.9. The number of benzene rings is 2. The highest BCUT2D eigenvalue weighted by atomic mass is 35.5. The van der Waals surface area contributed by atoms with Crippen molar-refractivity contribution in [2.45, 2.75) is 19.6 Å². The van der Waals surface area contributed by atoms with Crippen LogP contribution in [0.3, 0.4) is 0 Å². The zero-order valence-electron chi connectivity index (χ0n) is 14.6. The molecule has 0 aliphatic rings. The van der Waals surface area contributed by atoms with E-state index in [9.17, 15) is 0 Å². The third kappa shape index (κ3) is 5.32. The molecule has 0 aliphatic carbocycles. The van der Waals surface area contributed by atoms with Crippen LogP contribution in [0.15, 0.2) is 66.2 Å². The van der Waals surface area contributed by atoms with Crippen molar-refractivity contribution in [3.63, 3.8) is 0 Å². The molecule has 0 saturated carbocycles. The normalized spacial score (nSPS) is 11.4. The van der Waals surface area contributed by atoms with Gasteiger partial charge in [-0.25, -0.2) is 9.67 Å². The summed E-state index contributed by atoms with van der Waals surface area (Å²) in [4.78, 5) is 8.23. The van der Waals surface area contributed by atoms with Crippen LogP contribution in [0.4, 0.5) is 0 Å². The van der Waals surface area contributed by atoms with Gasteiger partial charge in [-0.15, -0.1) is 0 Å². The van der Waals surface area contributed by atoms with E-state index in [0.29, 0.717) is 19.6 Å². The molecule has 0 aliphatic heterocycles. The summed E-state index contributed by atoms with van der Waals surface area (Å²) in [5.74, 6) is 0.752. The van der Waals surface area contributed by atoms with Crippen molar-refractivity contribution in [1.82, 2.24) is 25.4 Å². The summed E-state index contributed by atoms with van der Waals surface area (Å²) in [6, 6.07) is 16.1. The Morgan fingerprint density at radius 1 is 1.04 bits per heavy atom. The summed E-state index contributed by atoms with van der Waals surface area (Å²) in [5, 5.41) is 11.5. The zero-order valence-corrected chi connectivity index (χ0v) is 15.3. The number of guanidine groups is 1. The number of hydrogen-bond acceptors (Lipinski definition) is 3. The van der Waals surface area contributed by atoms with Gasteiger partial charge in [0.2, 0.25) is 0 Å². The summed E-state index contributed by atoms with van der Waals surface area (Å²) in [7, 11) is 1.76. The van der Waals surface area contributed by atoms with Crippen molar-refractivity contribution in [2.24, 2.45) is 4.99 Å². The Balaban J connectivity index is 1.52. The van der Waals surface area contributed by atoms with E-state index in [1.54, 1.807) is 24.4 Å². The van der Waals surface area contributed by atoms with Crippen LogP contribution in [0.2, 0.25) is 5.02 Å². The summed E-state index contributed by atoms with van der Waals surface area (Å²) in [6.07, 6.45) is 3.26. The van der Waals surface area contributed by atoms with Gasteiger partial charge in [-0.3, -0.25) is 4.99 Å². The average molecular weight is 369 g/mol. The molecule has 2 N–H and O–H groups in total. The number of hydrogen-bond donors (Lipinski definition) is 2. The molecule has 2 aromatic carbocycles. The predicted octanol–water partition coefficient (Wildman–Crippen LogP) is 2.85. The molecular formula is C19H21ClN6. The number of rotatable bonds is 6. The van der Waals surface area contributed by atoms with Gasteiger partial charge in [-0.1, -0.05) is 48.0 Å². The number of aliphatic imine (C=N–C) groups is 1. The van der Waals surface area contributed by atoms with Crippen LogP contribution in [0.1, 0.15) is 16.7 Å². The van der Waals surface area contributed by atoms with Gasteiger partial charge in [-0.2, -0.15) is 5.10 Å². The van der Waals surface area contributed by atoms with Crippen LogP contribution in [0.25, 0.3) is 0 Å². The highest BCUT2D eigenvalue weighted by Crippen LogP contribution is 2.09. The lowest BCUT2D eigenvalue weighted by atomic mass is 10.1. The maximum absolute atomic E-state index is 5.91. The fraction of sp³-hybridized carbons (Fsp3) is 0.211. The van der Waals surface area contributed by atoms with Crippen LogP contribution in [-0.4, -0.2) is 27.8 Å². The third-order valence-electron chi connectivity index (χ3n) is 3.86. The first-order valence-electron chi connectivity index (χ1n) is 8.32. The van der Waals surface area contributed by atoms with E-state index in [-0.39, 0.29) is 0 Å². The van der Waals surface area contributed by atoms with Crippen LogP contribution in [0.5, 0.6) is 0 Å². The predicted molar refractivity (Wildman–Crippen MR) is 104 cm³/mol. The average Bonchev–Trinajstić information content (AvgIpc) is 3.16. The molecule has 0 unspecified atom stereocenters. The van der Waals surface area contributed by atoms with Gasteiger partial charge in [0, 0.05) is 25.2 Å². The topological polar surface area (TPSA) is 67.1 Å². The van der Waals surface area contributed by atoms with E-state index in [1.807, 2.05) is 30.3 Å². The zero-order chi connectivity index (χ0) is 18.2. The quantitative estimate of drug-likeness (QED) is 0.518. The molecule has 0 spiro atoms. The van der Waals surface area contributed by atoms with Crippen molar-refractivity contribution < 1.29 is 0 Å². The maximum atomic E-state index is 5.91. The number of nitrogens with one attached hydrogen (secondary N) is 2.